The normalized spacial score (nSPS) is 11.3. The van der Waals surface area contributed by atoms with Crippen molar-refractivity contribution in [2.24, 2.45) is 5.41 Å². The van der Waals surface area contributed by atoms with Crippen LogP contribution in [0.5, 0.6) is 0 Å². The number of nitrogens with one attached hydrogen (secondary N) is 1. The summed E-state index contributed by atoms with van der Waals surface area (Å²) < 4.78 is 1.74. The number of benzene rings is 2. The number of amides is 2. The fourth-order valence-electron chi connectivity index (χ4n) is 3.67. The minimum Gasteiger partial charge on any atom is -0.333 e. The monoisotopic (exact) mass is 460 g/mol. The summed E-state index contributed by atoms with van der Waals surface area (Å²) in [4.78, 5) is 27.7. The standard InChI is InChI=1S/C28H36N4O2/c1-6-7-17-31(27(34)19-28(3,4)5)20-26(33)29-25-18-24(22-11-9-8-10-12-22)30-32(25)23-15-13-21(2)14-16-23/h8-16,18H,6-7,17,19-20H2,1-5H3,(H,29,33). The van der Waals surface area contributed by atoms with E-state index in [0.717, 1.165) is 35.3 Å². The molecule has 1 heterocycles. The first kappa shape index (κ1) is 25.2. The highest BCUT2D eigenvalue weighted by atomic mass is 16.2. The molecule has 2 aromatic carbocycles. The number of hydrogen-bond donors (Lipinski definition) is 1. The van der Waals surface area contributed by atoms with Crippen LogP contribution in [0, 0.1) is 12.3 Å². The van der Waals surface area contributed by atoms with E-state index in [-0.39, 0.29) is 23.8 Å². The van der Waals surface area contributed by atoms with Crippen LogP contribution in [0.3, 0.4) is 0 Å². The van der Waals surface area contributed by atoms with Crippen LogP contribution in [-0.2, 0) is 9.59 Å². The number of unbranched alkanes of at least 4 members (excludes halogenated alkanes) is 1. The van der Waals surface area contributed by atoms with Crippen molar-refractivity contribution in [3.05, 3.63) is 66.2 Å². The van der Waals surface area contributed by atoms with Crippen LogP contribution in [0.2, 0.25) is 0 Å². The zero-order valence-electron chi connectivity index (χ0n) is 21.0. The van der Waals surface area contributed by atoms with Gasteiger partial charge in [-0.3, -0.25) is 9.59 Å². The van der Waals surface area contributed by atoms with Crippen molar-refractivity contribution >= 4 is 17.6 Å². The van der Waals surface area contributed by atoms with E-state index in [1.54, 1.807) is 9.58 Å². The fraction of sp³-hybridized carbons (Fsp3) is 0.393. The molecule has 0 spiro atoms. The van der Waals surface area contributed by atoms with E-state index in [0.29, 0.717) is 18.8 Å². The smallest absolute Gasteiger partial charge is 0.245 e. The predicted molar refractivity (Wildman–Crippen MR) is 138 cm³/mol. The lowest BCUT2D eigenvalue weighted by molar-refractivity contribution is -0.136. The summed E-state index contributed by atoms with van der Waals surface area (Å²) in [5.74, 6) is 0.353. The molecular formula is C28H36N4O2. The highest BCUT2D eigenvalue weighted by Gasteiger charge is 2.23. The van der Waals surface area contributed by atoms with Crippen LogP contribution in [-0.4, -0.2) is 39.6 Å². The number of nitrogens with zero attached hydrogens (tertiary/aromatic N) is 3. The Morgan fingerprint density at radius 2 is 1.71 bits per heavy atom. The van der Waals surface area contributed by atoms with Gasteiger partial charge in [0.15, 0.2) is 0 Å². The molecule has 0 fully saturated rings. The summed E-state index contributed by atoms with van der Waals surface area (Å²) in [7, 11) is 0. The van der Waals surface area contributed by atoms with Crippen molar-refractivity contribution in [3.8, 4) is 16.9 Å². The van der Waals surface area contributed by atoms with E-state index < -0.39 is 0 Å². The summed E-state index contributed by atoms with van der Waals surface area (Å²) in [5, 5.41) is 7.77. The van der Waals surface area contributed by atoms with E-state index in [9.17, 15) is 9.59 Å². The van der Waals surface area contributed by atoms with Crippen molar-refractivity contribution in [3.63, 3.8) is 0 Å². The van der Waals surface area contributed by atoms with Crippen LogP contribution in [0.25, 0.3) is 16.9 Å². The largest absolute Gasteiger partial charge is 0.333 e. The molecule has 0 aliphatic carbocycles. The zero-order valence-corrected chi connectivity index (χ0v) is 21.0. The van der Waals surface area contributed by atoms with Gasteiger partial charge in [-0.05, 0) is 30.9 Å². The van der Waals surface area contributed by atoms with Gasteiger partial charge in [0.25, 0.3) is 0 Å². The number of carbonyl (C=O) groups is 2. The van der Waals surface area contributed by atoms with Crippen molar-refractivity contribution in [1.29, 1.82) is 0 Å². The average Bonchev–Trinajstić information content (AvgIpc) is 3.20. The molecule has 1 aromatic heterocycles. The predicted octanol–water partition coefficient (Wildman–Crippen LogP) is 5.85. The summed E-state index contributed by atoms with van der Waals surface area (Å²) >= 11 is 0. The molecule has 1 N–H and O–H groups in total. The number of anilines is 1. The third-order valence-electron chi connectivity index (χ3n) is 5.48. The molecule has 6 heteroatoms. The maximum Gasteiger partial charge on any atom is 0.245 e. The molecular weight excluding hydrogens is 424 g/mol. The summed E-state index contributed by atoms with van der Waals surface area (Å²) in [6.07, 6.45) is 2.23. The van der Waals surface area contributed by atoms with Crippen molar-refractivity contribution in [2.45, 2.75) is 53.9 Å². The highest BCUT2D eigenvalue weighted by molar-refractivity contribution is 5.94. The summed E-state index contributed by atoms with van der Waals surface area (Å²) in [6.45, 7) is 10.8. The Morgan fingerprint density at radius 1 is 1.03 bits per heavy atom. The lowest BCUT2D eigenvalue weighted by Crippen LogP contribution is -2.40. The van der Waals surface area contributed by atoms with Gasteiger partial charge in [-0.1, -0.05) is 82.1 Å². The first-order valence-corrected chi connectivity index (χ1v) is 12.0. The van der Waals surface area contributed by atoms with Gasteiger partial charge in [0.1, 0.15) is 5.82 Å². The SMILES string of the molecule is CCCCN(CC(=O)Nc1cc(-c2ccccc2)nn1-c1ccc(C)cc1)C(=O)CC(C)(C)C. The third kappa shape index (κ3) is 7.04. The van der Waals surface area contributed by atoms with Crippen LogP contribution in [0.1, 0.15) is 52.5 Å². The Kier molecular flexibility index (Phi) is 8.26. The van der Waals surface area contributed by atoms with Crippen LogP contribution < -0.4 is 5.32 Å². The van der Waals surface area contributed by atoms with Gasteiger partial charge in [-0.2, -0.15) is 5.10 Å². The Labute approximate surface area is 203 Å². The quantitative estimate of drug-likeness (QED) is 0.435. The van der Waals surface area contributed by atoms with Crippen LogP contribution in [0.4, 0.5) is 5.82 Å². The number of carbonyl (C=O) groups excluding carboxylic acids is 2. The van der Waals surface area contributed by atoms with Gasteiger partial charge in [0.05, 0.1) is 17.9 Å². The van der Waals surface area contributed by atoms with Gasteiger partial charge < -0.3 is 10.2 Å². The van der Waals surface area contributed by atoms with Crippen LogP contribution >= 0.6 is 0 Å². The molecule has 6 nitrogen and oxygen atoms in total. The summed E-state index contributed by atoms with van der Waals surface area (Å²) in [5.41, 5.74) is 3.60. The molecule has 2 amide bonds. The zero-order chi connectivity index (χ0) is 24.7. The topological polar surface area (TPSA) is 67.2 Å². The van der Waals surface area contributed by atoms with Gasteiger partial charge in [-0.15, -0.1) is 0 Å². The second-order valence-corrected chi connectivity index (χ2v) is 9.98. The molecule has 0 unspecified atom stereocenters. The van der Waals surface area contributed by atoms with E-state index in [4.69, 9.17) is 5.10 Å². The maximum atomic E-state index is 13.1. The van der Waals surface area contributed by atoms with Crippen molar-refractivity contribution in [1.82, 2.24) is 14.7 Å². The minimum atomic E-state index is -0.230. The molecule has 34 heavy (non-hydrogen) atoms. The average molecular weight is 461 g/mol. The van der Waals surface area contributed by atoms with Crippen molar-refractivity contribution < 1.29 is 9.59 Å². The summed E-state index contributed by atoms with van der Waals surface area (Å²) in [6, 6.07) is 19.7. The molecule has 3 rings (SSSR count). The number of rotatable bonds is 9. The lowest BCUT2D eigenvalue weighted by Gasteiger charge is -2.26. The Balaban J connectivity index is 1.85. The van der Waals surface area contributed by atoms with E-state index in [1.807, 2.05) is 88.4 Å². The second kappa shape index (κ2) is 11.1. The molecule has 0 radical (unpaired) electrons. The third-order valence-corrected chi connectivity index (χ3v) is 5.48. The second-order valence-electron chi connectivity index (χ2n) is 9.98. The molecule has 0 saturated heterocycles. The molecule has 3 aromatic rings. The number of hydrogen-bond acceptors (Lipinski definition) is 3. The first-order valence-electron chi connectivity index (χ1n) is 12.0. The Bertz CT molecular complexity index is 1100. The Morgan fingerprint density at radius 3 is 2.32 bits per heavy atom. The Hall–Kier alpha value is -3.41. The molecule has 0 aliphatic rings. The van der Waals surface area contributed by atoms with E-state index in [1.165, 1.54) is 0 Å². The van der Waals surface area contributed by atoms with Gasteiger partial charge in [0.2, 0.25) is 11.8 Å². The van der Waals surface area contributed by atoms with E-state index in [2.05, 4.69) is 12.2 Å². The van der Waals surface area contributed by atoms with E-state index >= 15 is 0 Å². The molecule has 180 valence electrons. The molecule has 0 atom stereocenters. The fourth-order valence-corrected chi connectivity index (χ4v) is 3.67. The molecule has 0 aliphatic heterocycles. The first-order chi connectivity index (χ1) is 16.2. The van der Waals surface area contributed by atoms with Crippen LogP contribution in [0.15, 0.2) is 60.7 Å². The van der Waals surface area contributed by atoms with Gasteiger partial charge in [-0.25, -0.2) is 4.68 Å². The number of aromatic nitrogens is 2. The van der Waals surface area contributed by atoms with Gasteiger partial charge >= 0.3 is 0 Å². The maximum absolute atomic E-state index is 13.1. The molecule has 0 saturated carbocycles. The lowest BCUT2D eigenvalue weighted by atomic mass is 9.91. The van der Waals surface area contributed by atoms with Crippen molar-refractivity contribution in [2.75, 3.05) is 18.4 Å². The minimum absolute atomic E-state index is 0.00752. The van der Waals surface area contributed by atoms with Gasteiger partial charge in [0, 0.05) is 24.6 Å². The molecule has 0 bridgehead atoms. The highest BCUT2D eigenvalue weighted by Crippen LogP contribution is 2.25. The number of aryl methyl sites for hydroxylation is 1.